The number of carbonyl (C=O) groups excluding carboxylic acids is 2. The summed E-state index contributed by atoms with van der Waals surface area (Å²) < 4.78 is 56.5. The number of alkyl carbamates (subject to hydrolysis) is 1. The van der Waals surface area contributed by atoms with Crippen LogP contribution in [0.3, 0.4) is 0 Å². The first-order chi connectivity index (χ1) is 15.5. The first-order valence-corrected chi connectivity index (χ1v) is 10.2. The molecule has 4 N–H and O–H groups in total. The predicted octanol–water partition coefficient (Wildman–Crippen LogP) is 4.16. The fourth-order valence-corrected chi connectivity index (χ4v) is 3.64. The van der Waals surface area contributed by atoms with Crippen molar-refractivity contribution in [3.8, 4) is 0 Å². The van der Waals surface area contributed by atoms with Crippen LogP contribution in [0.25, 0.3) is 0 Å². The molecule has 8 nitrogen and oxygen atoms in total. The molecule has 1 aromatic carbocycles. The highest BCUT2D eigenvalue weighted by molar-refractivity contribution is 5.93. The lowest BCUT2D eigenvalue weighted by atomic mass is 10.0. The minimum atomic E-state index is -4.37. The van der Waals surface area contributed by atoms with Gasteiger partial charge in [0.2, 0.25) is 11.9 Å². The second-order valence-electron chi connectivity index (χ2n) is 7.93. The smallest absolute Gasteiger partial charge is 0.407 e. The number of benzene rings is 1. The molecule has 178 valence electrons. The zero-order valence-corrected chi connectivity index (χ0v) is 17.7. The number of primary amides is 1. The van der Waals surface area contributed by atoms with Crippen molar-refractivity contribution in [1.82, 2.24) is 15.3 Å². The highest BCUT2D eigenvalue weighted by Crippen LogP contribution is 2.35. The summed E-state index contributed by atoms with van der Waals surface area (Å²) >= 11 is 0. The van der Waals surface area contributed by atoms with E-state index < -0.39 is 42.6 Å². The van der Waals surface area contributed by atoms with Gasteiger partial charge in [0, 0.05) is 24.0 Å². The Morgan fingerprint density at radius 3 is 2.55 bits per heavy atom. The average Bonchev–Trinajstić information content (AvgIpc) is 3.16. The summed E-state index contributed by atoms with van der Waals surface area (Å²) in [5, 5.41) is 4.91. The summed E-state index contributed by atoms with van der Waals surface area (Å²) in [6.45, 7) is 1.26. The molecule has 3 unspecified atom stereocenters. The molecule has 0 bridgehead atoms. The van der Waals surface area contributed by atoms with Crippen LogP contribution in [0.4, 0.5) is 34.0 Å². The Hall–Kier alpha value is -3.44. The van der Waals surface area contributed by atoms with Gasteiger partial charge in [-0.25, -0.2) is 19.2 Å². The Balaban J connectivity index is 1.51. The molecule has 0 spiro atoms. The van der Waals surface area contributed by atoms with Crippen LogP contribution in [0, 0.1) is 5.82 Å². The monoisotopic (exact) mass is 469 g/mol. The molecule has 1 heterocycles. The van der Waals surface area contributed by atoms with Gasteiger partial charge >= 0.3 is 12.3 Å². The van der Waals surface area contributed by atoms with E-state index in [9.17, 15) is 27.2 Å². The van der Waals surface area contributed by atoms with Crippen molar-refractivity contribution in [2.45, 2.75) is 56.8 Å². The Kier molecular flexibility index (Phi) is 7.34. The van der Waals surface area contributed by atoms with E-state index in [0.29, 0.717) is 19.3 Å². The fraction of sp³-hybridized carbons (Fsp3) is 0.429. The van der Waals surface area contributed by atoms with Gasteiger partial charge in [0.1, 0.15) is 11.9 Å². The zero-order valence-electron chi connectivity index (χ0n) is 17.7. The molecule has 33 heavy (non-hydrogen) atoms. The molecule has 3 atom stereocenters. The highest BCUT2D eigenvalue weighted by Gasteiger charge is 2.32. The highest BCUT2D eigenvalue weighted by atomic mass is 19.4. The molecule has 0 saturated heterocycles. The number of carbonyl (C=O) groups is 2. The van der Waals surface area contributed by atoms with Crippen LogP contribution in [0.5, 0.6) is 0 Å². The van der Waals surface area contributed by atoms with Crippen LogP contribution in [0.1, 0.15) is 54.4 Å². The Morgan fingerprint density at radius 1 is 1.24 bits per heavy atom. The van der Waals surface area contributed by atoms with Crippen LogP contribution in [0.15, 0.2) is 30.6 Å². The van der Waals surface area contributed by atoms with Crippen molar-refractivity contribution in [2.24, 2.45) is 5.73 Å². The summed E-state index contributed by atoms with van der Waals surface area (Å²) in [7, 11) is 0. The molecule has 3 rings (SSSR count). The van der Waals surface area contributed by atoms with Gasteiger partial charge in [-0.3, -0.25) is 4.79 Å². The maximum absolute atomic E-state index is 14.1. The lowest BCUT2D eigenvalue weighted by Crippen LogP contribution is -2.37. The number of anilines is 2. The molecule has 12 heteroatoms. The van der Waals surface area contributed by atoms with E-state index in [4.69, 9.17) is 10.5 Å². The van der Waals surface area contributed by atoms with Gasteiger partial charge in [0.05, 0.1) is 12.1 Å². The van der Waals surface area contributed by atoms with E-state index in [1.165, 1.54) is 19.1 Å². The summed E-state index contributed by atoms with van der Waals surface area (Å²) in [6, 6.07) is 2.66. The minimum Gasteiger partial charge on any atom is -0.446 e. The predicted molar refractivity (Wildman–Crippen MR) is 110 cm³/mol. The topological polar surface area (TPSA) is 119 Å². The van der Waals surface area contributed by atoms with Gasteiger partial charge in [-0.15, -0.1) is 0 Å². The first kappa shape index (κ1) is 24.2. The molecular weight excluding hydrogens is 446 g/mol. The number of alkyl halides is 3. The third-order valence-corrected chi connectivity index (χ3v) is 5.20. The quantitative estimate of drug-likeness (QED) is 0.524. The lowest BCUT2D eigenvalue weighted by Gasteiger charge is -2.18. The van der Waals surface area contributed by atoms with Gasteiger partial charge in [-0.1, -0.05) is 0 Å². The van der Waals surface area contributed by atoms with Crippen molar-refractivity contribution in [3.05, 3.63) is 47.5 Å². The van der Waals surface area contributed by atoms with E-state index in [-0.39, 0.29) is 23.1 Å². The van der Waals surface area contributed by atoms with E-state index in [1.807, 2.05) is 0 Å². The SMILES string of the molecule is CC(CC(F)(F)F)NC(=O)OC1CCC(c2cnc(Nc3ccc(C(N)=O)cc3F)nc2)C1. The van der Waals surface area contributed by atoms with Crippen LogP contribution >= 0.6 is 0 Å². The van der Waals surface area contributed by atoms with Gasteiger partial charge in [-0.05, 0) is 55.9 Å². The molecule has 1 aliphatic carbocycles. The molecule has 1 aliphatic rings. The number of nitrogens with two attached hydrogens (primary N) is 1. The van der Waals surface area contributed by atoms with Gasteiger partial charge < -0.3 is 21.1 Å². The Bertz CT molecular complexity index is 1000. The largest absolute Gasteiger partial charge is 0.446 e. The second kappa shape index (κ2) is 10.0. The summed E-state index contributed by atoms with van der Waals surface area (Å²) in [6.07, 6.45) is -1.93. The summed E-state index contributed by atoms with van der Waals surface area (Å²) in [5.41, 5.74) is 6.03. The minimum absolute atomic E-state index is 0.0102. The van der Waals surface area contributed by atoms with Gasteiger partial charge in [0.25, 0.3) is 0 Å². The molecule has 0 aliphatic heterocycles. The van der Waals surface area contributed by atoms with Crippen molar-refractivity contribution >= 4 is 23.6 Å². The number of ether oxygens (including phenoxy) is 1. The number of halogens is 4. The van der Waals surface area contributed by atoms with E-state index in [0.717, 1.165) is 11.6 Å². The van der Waals surface area contributed by atoms with E-state index >= 15 is 0 Å². The number of aromatic nitrogens is 2. The third-order valence-electron chi connectivity index (χ3n) is 5.20. The fourth-order valence-electron chi connectivity index (χ4n) is 3.64. The van der Waals surface area contributed by atoms with Crippen molar-refractivity contribution in [2.75, 3.05) is 5.32 Å². The van der Waals surface area contributed by atoms with Crippen molar-refractivity contribution in [3.63, 3.8) is 0 Å². The number of nitrogens with one attached hydrogen (secondary N) is 2. The molecule has 2 aromatic rings. The maximum atomic E-state index is 14.1. The van der Waals surface area contributed by atoms with Crippen LogP contribution < -0.4 is 16.4 Å². The molecule has 2 amide bonds. The first-order valence-electron chi connectivity index (χ1n) is 10.2. The van der Waals surface area contributed by atoms with Crippen LogP contribution in [0.2, 0.25) is 0 Å². The number of hydrogen-bond acceptors (Lipinski definition) is 6. The number of rotatable bonds is 7. The molecule has 1 fully saturated rings. The van der Waals surface area contributed by atoms with E-state index in [2.05, 4.69) is 20.6 Å². The second-order valence-corrected chi connectivity index (χ2v) is 7.93. The number of amides is 2. The zero-order chi connectivity index (χ0) is 24.2. The molecule has 0 radical (unpaired) electrons. The number of hydrogen-bond donors (Lipinski definition) is 3. The molecule has 1 saturated carbocycles. The lowest BCUT2D eigenvalue weighted by molar-refractivity contribution is -0.138. The summed E-state index contributed by atoms with van der Waals surface area (Å²) in [4.78, 5) is 31.3. The van der Waals surface area contributed by atoms with Gasteiger partial charge in [0.15, 0.2) is 0 Å². The molecule has 1 aromatic heterocycles. The number of nitrogens with zero attached hydrogens (tertiary/aromatic N) is 2. The molecular formula is C21H23F4N5O3. The Labute approximate surface area is 186 Å². The van der Waals surface area contributed by atoms with Gasteiger partial charge in [-0.2, -0.15) is 13.2 Å². The Morgan fingerprint density at radius 2 is 1.94 bits per heavy atom. The average molecular weight is 469 g/mol. The van der Waals surface area contributed by atoms with Crippen LogP contribution in [-0.2, 0) is 4.74 Å². The van der Waals surface area contributed by atoms with Crippen molar-refractivity contribution < 1.29 is 31.9 Å². The summed E-state index contributed by atoms with van der Waals surface area (Å²) in [5.74, 6) is -1.27. The van der Waals surface area contributed by atoms with Crippen LogP contribution in [-0.4, -0.2) is 40.3 Å². The normalized spacial score (nSPS) is 19.1. The van der Waals surface area contributed by atoms with E-state index in [1.54, 1.807) is 12.4 Å². The maximum Gasteiger partial charge on any atom is 0.407 e. The van der Waals surface area contributed by atoms with Crippen molar-refractivity contribution in [1.29, 1.82) is 0 Å². The standard InChI is InChI=1S/C21H23F4N5O3/c1-11(8-21(23,24)25)29-20(32)33-15-4-2-12(6-15)14-9-27-19(28-10-14)30-17-5-3-13(18(26)31)7-16(17)22/h3,5,7,9-12,15H,2,4,6,8H2,1H3,(H2,26,31)(H,29,32)(H,27,28,30). The third kappa shape index (κ3) is 7.02.